The van der Waals surface area contributed by atoms with Crippen LogP contribution in [0.5, 0.6) is 11.5 Å². The summed E-state index contributed by atoms with van der Waals surface area (Å²) in [5, 5.41) is 12.6. The van der Waals surface area contributed by atoms with Gasteiger partial charge in [0.2, 0.25) is 0 Å². The number of phenols is 1. The van der Waals surface area contributed by atoms with E-state index in [9.17, 15) is 5.11 Å². The Morgan fingerprint density at radius 3 is 2.23 bits per heavy atom. The summed E-state index contributed by atoms with van der Waals surface area (Å²) >= 11 is 3.88. The number of fused-ring (bicyclic) bond motifs is 1. The minimum absolute atomic E-state index is 0.0936. The van der Waals surface area contributed by atoms with Crippen molar-refractivity contribution in [2.24, 2.45) is 0 Å². The second kappa shape index (κ2) is 14.3. The molecule has 1 atom stereocenters. The van der Waals surface area contributed by atoms with Gasteiger partial charge in [-0.3, -0.25) is 0 Å². The molecular weight excluding hydrogens is 565 g/mol. The van der Waals surface area contributed by atoms with E-state index in [0.717, 1.165) is 43.8 Å². The van der Waals surface area contributed by atoms with Crippen LogP contribution >= 0.6 is 23.1 Å². The van der Waals surface area contributed by atoms with Gasteiger partial charge in [0, 0.05) is 22.0 Å². The SMILES string of the molecule is Oc1ccc2c(c1)CCCC(c1ccccc1)(c1ccccc1)C2c1ccc(OCCCCCSCc2cccs2)cc1. The van der Waals surface area contributed by atoms with Crippen LogP contribution in [0, 0.1) is 0 Å². The number of aromatic hydroxyl groups is 1. The van der Waals surface area contributed by atoms with Gasteiger partial charge in [0.25, 0.3) is 0 Å². The topological polar surface area (TPSA) is 29.5 Å². The molecule has 0 aliphatic heterocycles. The first kappa shape index (κ1) is 29.6. The van der Waals surface area contributed by atoms with Crippen LogP contribution in [0.25, 0.3) is 0 Å². The van der Waals surface area contributed by atoms with Gasteiger partial charge in [-0.2, -0.15) is 11.8 Å². The molecular formula is C39H40O2S2. The van der Waals surface area contributed by atoms with Gasteiger partial charge >= 0.3 is 0 Å². The second-order valence-corrected chi connectivity index (χ2v) is 13.6. The van der Waals surface area contributed by atoms with E-state index < -0.39 is 0 Å². The lowest BCUT2D eigenvalue weighted by Crippen LogP contribution is -2.35. The molecule has 0 saturated carbocycles. The van der Waals surface area contributed by atoms with Gasteiger partial charge < -0.3 is 9.84 Å². The van der Waals surface area contributed by atoms with Crippen LogP contribution in [0.4, 0.5) is 0 Å². The maximum Gasteiger partial charge on any atom is 0.119 e. The van der Waals surface area contributed by atoms with Gasteiger partial charge in [-0.15, -0.1) is 11.3 Å². The Morgan fingerprint density at radius 1 is 0.791 bits per heavy atom. The van der Waals surface area contributed by atoms with Crippen molar-refractivity contribution in [3.05, 3.63) is 153 Å². The standard InChI is InChI=1S/C39H40O2S2/c40-34-20-23-37-31(28-34)12-10-24-39(32-13-4-1-5-14-32,33-15-6-2-7-16-33)38(37)30-18-21-35(22-19-30)41-25-8-3-9-26-42-29-36-17-11-27-43-36/h1-2,4-7,11,13-23,27-28,38,40H,3,8-10,12,24-26,29H2. The van der Waals surface area contributed by atoms with Gasteiger partial charge in [0.05, 0.1) is 6.61 Å². The zero-order valence-electron chi connectivity index (χ0n) is 24.7. The van der Waals surface area contributed by atoms with Gasteiger partial charge in [-0.25, -0.2) is 0 Å². The fourth-order valence-electron chi connectivity index (χ4n) is 6.78. The molecule has 0 bridgehead atoms. The zero-order valence-corrected chi connectivity index (χ0v) is 26.3. The quantitative estimate of drug-likeness (QED) is 0.113. The lowest BCUT2D eigenvalue weighted by atomic mass is 9.60. The summed E-state index contributed by atoms with van der Waals surface area (Å²) < 4.78 is 6.21. The minimum atomic E-state index is -0.241. The second-order valence-electron chi connectivity index (χ2n) is 11.5. The minimum Gasteiger partial charge on any atom is -0.508 e. The zero-order chi connectivity index (χ0) is 29.3. The van der Waals surface area contributed by atoms with Crippen molar-refractivity contribution in [3.63, 3.8) is 0 Å². The summed E-state index contributed by atoms with van der Waals surface area (Å²) in [6, 6.07) is 41.2. The van der Waals surface area contributed by atoms with Crippen molar-refractivity contribution >= 4 is 23.1 Å². The lowest BCUT2D eigenvalue weighted by Gasteiger charge is -2.42. The van der Waals surface area contributed by atoms with Crippen LogP contribution in [0.1, 0.15) is 70.7 Å². The molecule has 220 valence electrons. The van der Waals surface area contributed by atoms with Crippen LogP contribution < -0.4 is 4.74 Å². The van der Waals surface area contributed by atoms with Crippen LogP contribution in [0.15, 0.2) is 121 Å². The van der Waals surface area contributed by atoms with Gasteiger partial charge in [-0.1, -0.05) is 84.9 Å². The summed E-state index contributed by atoms with van der Waals surface area (Å²) in [6.07, 6.45) is 6.52. The molecule has 1 aromatic heterocycles. The van der Waals surface area contributed by atoms with Crippen LogP contribution in [0.2, 0.25) is 0 Å². The Morgan fingerprint density at radius 2 is 1.53 bits per heavy atom. The predicted molar refractivity (Wildman–Crippen MR) is 183 cm³/mol. The average molecular weight is 605 g/mol. The molecule has 4 aromatic carbocycles. The molecule has 0 fully saturated rings. The Bertz CT molecular complexity index is 1510. The Labute approximate surface area is 264 Å². The van der Waals surface area contributed by atoms with E-state index in [0.29, 0.717) is 5.75 Å². The molecule has 43 heavy (non-hydrogen) atoms. The highest BCUT2D eigenvalue weighted by molar-refractivity contribution is 7.98. The number of phenolic OH excluding ortho intramolecular Hbond substituents is 1. The van der Waals surface area contributed by atoms with E-state index in [1.54, 1.807) is 0 Å². The number of ether oxygens (including phenoxy) is 1. The number of hydrogen-bond donors (Lipinski definition) is 1. The van der Waals surface area contributed by atoms with Crippen molar-refractivity contribution in [2.45, 2.75) is 55.6 Å². The monoisotopic (exact) mass is 604 g/mol. The van der Waals surface area contributed by atoms with Crippen molar-refractivity contribution in [1.82, 2.24) is 0 Å². The maximum atomic E-state index is 10.4. The summed E-state index contributed by atoms with van der Waals surface area (Å²) in [5.41, 5.74) is 6.24. The number of benzene rings is 4. The van der Waals surface area contributed by atoms with Gasteiger partial charge in [0.15, 0.2) is 0 Å². The van der Waals surface area contributed by atoms with Crippen molar-refractivity contribution in [2.75, 3.05) is 12.4 Å². The Kier molecular flexibility index (Phi) is 9.87. The van der Waals surface area contributed by atoms with E-state index in [1.807, 2.05) is 35.2 Å². The molecule has 5 aromatic rings. The number of thiophene rings is 1. The Balaban J connectivity index is 1.22. The average Bonchev–Trinajstić information content (AvgIpc) is 3.51. The van der Waals surface area contributed by atoms with E-state index >= 15 is 0 Å². The normalized spacial score (nSPS) is 15.9. The summed E-state index contributed by atoms with van der Waals surface area (Å²) in [5.74, 6) is 3.70. The van der Waals surface area contributed by atoms with Gasteiger partial charge in [0.1, 0.15) is 11.5 Å². The molecule has 6 rings (SSSR count). The first-order valence-electron chi connectivity index (χ1n) is 15.5. The molecule has 0 amide bonds. The lowest BCUT2D eigenvalue weighted by molar-refractivity contribution is 0.306. The number of unbranched alkanes of at least 4 members (excludes halogenated alkanes) is 2. The molecule has 1 aliphatic rings. The first-order valence-corrected chi connectivity index (χ1v) is 17.5. The molecule has 1 unspecified atom stereocenters. The van der Waals surface area contributed by atoms with E-state index in [1.165, 1.54) is 51.3 Å². The summed E-state index contributed by atoms with van der Waals surface area (Å²) in [7, 11) is 0. The molecule has 4 heteroatoms. The fraction of sp³-hybridized carbons (Fsp3) is 0.282. The number of rotatable bonds is 12. The third-order valence-corrected chi connectivity index (χ3v) is 10.9. The van der Waals surface area contributed by atoms with E-state index in [2.05, 4.69) is 109 Å². The highest BCUT2D eigenvalue weighted by atomic mass is 32.2. The maximum absolute atomic E-state index is 10.4. The Hall–Kier alpha value is -3.47. The van der Waals surface area contributed by atoms with Crippen molar-refractivity contribution < 1.29 is 9.84 Å². The summed E-state index contributed by atoms with van der Waals surface area (Å²) in [4.78, 5) is 1.46. The molecule has 1 aliphatic carbocycles. The number of aryl methyl sites for hydroxylation is 1. The smallest absolute Gasteiger partial charge is 0.119 e. The number of thioether (sulfide) groups is 1. The molecule has 0 radical (unpaired) electrons. The third-order valence-electron chi connectivity index (χ3n) is 8.77. The number of hydrogen-bond acceptors (Lipinski definition) is 4. The van der Waals surface area contributed by atoms with Crippen molar-refractivity contribution in [1.29, 1.82) is 0 Å². The van der Waals surface area contributed by atoms with Crippen LogP contribution in [0.3, 0.4) is 0 Å². The van der Waals surface area contributed by atoms with E-state index in [4.69, 9.17) is 4.74 Å². The molecule has 0 spiro atoms. The van der Waals surface area contributed by atoms with Crippen molar-refractivity contribution in [3.8, 4) is 11.5 Å². The highest BCUT2D eigenvalue weighted by Gasteiger charge is 2.45. The molecule has 0 saturated heterocycles. The van der Waals surface area contributed by atoms with Crippen LogP contribution in [-0.4, -0.2) is 17.5 Å². The largest absolute Gasteiger partial charge is 0.508 e. The molecule has 1 heterocycles. The summed E-state index contributed by atoms with van der Waals surface area (Å²) in [6.45, 7) is 0.748. The predicted octanol–water partition coefficient (Wildman–Crippen LogP) is 10.4. The van der Waals surface area contributed by atoms with E-state index in [-0.39, 0.29) is 11.3 Å². The van der Waals surface area contributed by atoms with Crippen LogP contribution in [-0.2, 0) is 17.6 Å². The molecule has 1 N–H and O–H groups in total. The highest BCUT2D eigenvalue weighted by Crippen LogP contribution is 2.54. The third kappa shape index (κ3) is 6.87. The molecule has 2 nitrogen and oxygen atoms in total. The van der Waals surface area contributed by atoms with Gasteiger partial charge in [-0.05, 0) is 108 Å². The fourth-order valence-corrected chi connectivity index (χ4v) is 8.64. The first-order chi connectivity index (χ1) is 21.2.